The summed E-state index contributed by atoms with van der Waals surface area (Å²) >= 11 is 6.04. The molecule has 2 aromatic heterocycles. The first-order valence-corrected chi connectivity index (χ1v) is 6.02. The van der Waals surface area contributed by atoms with Gasteiger partial charge in [0.15, 0.2) is 11.5 Å². The Morgan fingerprint density at radius 3 is 2.50 bits per heavy atom. The second-order valence-electron chi connectivity index (χ2n) is 4.14. The van der Waals surface area contributed by atoms with Crippen LogP contribution in [0.1, 0.15) is 5.56 Å². The summed E-state index contributed by atoms with van der Waals surface area (Å²) in [5.41, 5.74) is 0.0455. The van der Waals surface area contributed by atoms with Crippen molar-refractivity contribution >= 4 is 17.2 Å². The molecule has 0 fully saturated rings. The molecule has 7 heteroatoms. The molecule has 102 valence electrons. The van der Waals surface area contributed by atoms with Gasteiger partial charge in [0, 0.05) is 5.56 Å². The lowest BCUT2D eigenvalue weighted by molar-refractivity contribution is -0.137. The quantitative estimate of drug-likeness (QED) is 0.634. The lowest BCUT2D eigenvalue weighted by atomic mass is 10.1. The molecule has 0 aliphatic carbocycles. The van der Waals surface area contributed by atoms with Gasteiger partial charge in [-0.05, 0) is 24.3 Å². The summed E-state index contributed by atoms with van der Waals surface area (Å²) in [6.07, 6.45) is -4.40. The van der Waals surface area contributed by atoms with Crippen molar-refractivity contribution in [2.24, 2.45) is 0 Å². The van der Waals surface area contributed by atoms with Crippen LogP contribution in [-0.4, -0.2) is 14.6 Å². The first-order valence-electron chi connectivity index (χ1n) is 5.64. The van der Waals surface area contributed by atoms with Gasteiger partial charge in [-0.15, -0.1) is 10.2 Å². The average molecular weight is 298 g/mol. The number of alkyl halides is 3. The highest BCUT2D eigenvalue weighted by Gasteiger charge is 2.30. The number of halogens is 4. The molecule has 2 heterocycles. The molecule has 0 saturated heterocycles. The fraction of sp³-hybridized carbons (Fsp3) is 0.0769. The highest BCUT2D eigenvalue weighted by atomic mass is 35.5. The Labute approximate surface area is 116 Å². The van der Waals surface area contributed by atoms with Crippen molar-refractivity contribution in [2.45, 2.75) is 6.18 Å². The molecule has 0 saturated carbocycles. The van der Waals surface area contributed by atoms with Crippen molar-refractivity contribution in [3.8, 4) is 11.4 Å². The van der Waals surface area contributed by atoms with Crippen LogP contribution >= 0.6 is 11.6 Å². The molecular formula is C13H7ClF3N3. The zero-order valence-corrected chi connectivity index (χ0v) is 10.7. The monoisotopic (exact) mass is 297 g/mol. The predicted molar refractivity (Wildman–Crippen MR) is 68.4 cm³/mol. The first kappa shape index (κ1) is 12.9. The lowest BCUT2D eigenvalue weighted by Gasteiger charge is -2.08. The second kappa shape index (κ2) is 4.49. The second-order valence-corrected chi connectivity index (χ2v) is 4.53. The van der Waals surface area contributed by atoms with Crippen molar-refractivity contribution in [1.29, 1.82) is 0 Å². The minimum atomic E-state index is -4.40. The maximum absolute atomic E-state index is 12.7. The molecule has 20 heavy (non-hydrogen) atoms. The number of pyridine rings is 1. The van der Waals surface area contributed by atoms with Gasteiger partial charge in [0.25, 0.3) is 0 Å². The predicted octanol–water partition coefficient (Wildman–Crippen LogP) is 4.07. The van der Waals surface area contributed by atoms with Crippen LogP contribution in [0.5, 0.6) is 0 Å². The van der Waals surface area contributed by atoms with E-state index in [2.05, 4.69) is 10.2 Å². The van der Waals surface area contributed by atoms with E-state index in [-0.39, 0.29) is 5.82 Å². The van der Waals surface area contributed by atoms with Crippen LogP contribution in [0.15, 0.2) is 42.5 Å². The molecule has 0 bridgehead atoms. The summed E-state index contributed by atoms with van der Waals surface area (Å²) in [5, 5.41) is 8.14. The minimum Gasteiger partial charge on any atom is -0.265 e. The van der Waals surface area contributed by atoms with Crippen molar-refractivity contribution in [3.63, 3.8) is 0 Å². The van der Waals surface area contributed by atoms with Crippen LogP contribution in [0, 0.1) is 0 Å². The van der Waals surface area contributed by atoms with E-state index in [9.17, 15) is 13.2 Å². The van der Waals surface area contributed by atoms with Crippen LogP contribution in [0.2, 0.25) is 5.15 Å². The minimum absolute atomic E-state index is 0.275. The summed E-state index contributed by atoms with van der Waals surface area (Å²) in [6, 6.07) is 9.90. The lowest BCUT2D eigenvalue weighted by Crippen LogP contribution is -2.04. The summed E-state index contributed by atoms with van der Waals surface area (Å²) in [5.74, 6) is 0.275. The summed E-state index contributed by atoms with van der Waals surface area (Å²) in [6.45, 7) is 0. The van der Waals surface area contributed by atoms with Crippen LogP contribution < -0.4 is 0 Å². The largest absolute Gasteiger partial charge is 0.416 e. The van der Waals surface area contributed by atoms with Crippen molar-refractivity contribution in [2.75, 3.05) is 0 Å². The highest BCUT2D eigenvalue weighted by molar-refractivity contribution is 6.29. The van der Waals surface area contributed by atoms with E-state index in [4.69, 9.17) is 11.6 Å². The van der Waals surface area contributed by atoms with E-state index < -0.39 is 11.7 Å². The zero-order valence-electron chi connectivity index (χ0n) is 9.89. The Balaban J connectivity index is 2.22. The molecule has 0 aliphatic rings. The van der Waals surface area contributed by atoms with E-state index >= 15 is 0 Å². The first-order chi connectivity index (χ1) is 9.47. The Kier molecular flexibility index (Phi) is 2.90. The van der Waals surface area contributed by atoms with E-state index in [1.165, 1.54) is 16.5 Å². The van der Waals surface area contributed by atoms with E-state index in [0.717, 1.165) is 12.1 Å². The molecule has 3 aromatic rings. The maximum atomic E-state index is 12.7. The standard InChI is InChI=1S/C13H7ClF3N3/c14-10-5-2-6-11-18-19-12(20(10)11)8-3-1-4-9(7-8)13(15,16)17/h1-7H. The van der Waals surface area contributed by atoms with Gasteiger partial charge < -0.3 is 0 Å². The van der Waals surface area contributed by atoms with Gasteiger partial charge >= 0.3 is 6.18 Å². The molecule has 3 rings (SSSR count). The maximum Gasteiger partial charge on any atom is 0.416 e. The summed E-state index contributed by atoms with van der Waals surface area (Å²) in [7, 11) is 0. The number of hydrogen-bond acceptors (Lipinski definition) is 2. The van der Waals surface area contributed by atoms with Crippen LogP contribution in [0.3, 0.4) is 0 Å². The third-order valence-electron chi connectivity index (χ3n) is 2.83. The van der Waals surface area contributed by atoms with Gasteiger partial charge in [0.1, 0.15) is 5.15 Å². The van der Waals surface area contributed by atoms with E-state index in [1.54, 1.807) is 18.2 Å². The average Bonchev–Trinajstić information content (AvgIpc) is 2.83. The van der Waals surface area contributed by atoms with Gasteiger partial charge in [-0.3, -0.25) is 4.40 Å². The SMILES string of the molecule is FC(F)(F)c1cccc(-c2nnc3cccc(Cl)n23)c1. The van der Waals surface area contributed by atoms with Gasteiger partial charge in [-0.2, -0.15) is 13.2 Å². The van der Waals surface area contributed by atoms with Crippen LogP contribution in [0.25, 0.3) is 17.0 Å². The normalized spacial score (nSPS) is 12.0. The van der Waals surface area contributed by atoms with Gasteiger partial charge in [-0.25, -0.2) is 0 Å². The molecule has 0 spiro atoms. The number of hydrogen-bond donors (Lipinski definition) is 0. The molecule has 0 atom stereocenters. The third kappa shape index (κ3) is 2.12. The van der Waals surface area contributed by atoms with Gasteiger partial charge in [0.05, 0.1) is 5.56 Å². The molecule has 3 nitrogen and oxygen atoms in total. The molecule has 0 amide bonds. The molecule has 1 aromatic carbocycles. The number of benzene rings is 1. The van der Waals surface area contributed by atoms with Crippen molar-refractivity contribution in [1.82, 2.24) is 14.6 Å². The Bertz CT molecular complexity index is 780. The Hall–Kier alpha value is -2.08. The van der Waals surface area contributed by atoms with Crippen LogP contribution in [0.4, 0.5) is 13.2 Å². The third-order valence-corrected chi connectivity index (χ3v) is 3.12. The fourth-order valence-corrected chi connectivity index (χ4v) is 2.16. The summed E-state index contributed by atoms with van der Waals surface area (Å²) < 4.78 is 39.7. The molecular weight excluding hydrogens is 291 g/mol. The van der Waals surface area contributed by atoms with Crippen molar-refractivity contribution < 1.29 is 13.2 Å². The summed E-state index contributed by atoms with van der Waals surface area (Å²) in [4.78, 5) is 0. The topological polar surface area (TPSA) is 30.2 Å². The Morgan fingerprint density at radius 2 is 1.75 bits per heavy atom. The number of rotatable bonds is 1. The smallest absolute Gasteiger partial charge is 0.265 e. The van der Waals surface area contributed by atoms with Crippen LogP contribution in [-0.2, 0) is 6.18 Å². The zero-order chi connectivity index (χ0) is 14.3. The molecule has 0 N–H and O–H groups in total. The number of nitrogens with zero attached hydrogens (tertiary/aromatic N) is 3. The number of aromatic nitrogens is 3. The molecule has 0 radical (unpaired) electrons. The van der Waals surface area contributed by atoms with Gasteiger partial charge in [-0.1, -0.05) is 29.8 Å². The Morgan fingerprint density at radius 1 is 1.00 bits per heavy atom. The number of fused-ring (bicyclic) bond motifs is 1. The van der Waals surface area contributed by atoms with Crippen molar-refractivity contribution in [3.05, 3.63) is 53.2 Å². The van der Waals surface area contributed by atoms with E-state index in [0.29, 0.717) is 16.4 Å². The fourth-order valence-electron chi connectivity index (χ4n) is 1.92. The molecule has 0 unspecified atom stereocenters. The van der Waals surface area contributed by atoms with E-state index in [1.807, 2.05) is 0 Å². The van der Waals surface area contributed by atoms with Gasteiger partial charge in [0.2, 0.25) is 0 Å². The molecule has 0 aliphatic heterocycles. The highest BCUT2D eigenvalue weighted by Crippen LogP contribution is 2.32.